The van der Waals surface area contributed by atoms with E-state index in [2.05, 4.69) is 15.6 Å². The number of aryl methyl sites for hydroxylation is 1. The summed E-state index contributed by atoms with van der Waals surface area (Å²) in [5.41, 5.74) is 6.94. The third-order valence-electron chi connectivity index (χ3n) is 6.78. The highest BCUT2D eigenvalue weighted by atomic mass is 32.1. The van der Waals surface area contributed by atoms with Crippen LogP contribution in [0, 0.1) is 12.3 Å². The minimum absolute atomic E-state index is 0.0656. The van der Waals surface area contributed by atoms with Gasteiger partial charge in [-0.05, 0) is 42.8 Å². The molecule has 2 saturated heterocycles. The Morgan fingerprint density at radius 2 is 1.93 bits per heavy atom. The van der Waals surface area contributed by atoms with Gasteiger partial charge in [-0.3, -0.25) is 19.8 Å². The molecule has 2 fully saturated rings. The number of nitrogens with zero attached hydrogens (tertiary/aromatic N) is 2. The molecule has 3 heterocycles. The maximum absolute atomic E-state index is 13.3. The number of thiazole rings is 1. The molecule has 1 spiro atoms. The van der Waals surface area contributed by atoms with Crippen LogP contribution < -0.4 is 21.1 Å². The Hall–Kier alpha value is -4.33. The molecule has 1 atom stereocenters. The predicted molar refractivity (Wildman–Crippen MR) is 150 cm³/mol. The van der Waals surface area contributed by atoms with Gasteiger partial charge in [-0.1, -0.05) is 18.2 Å². The first-order chi connectivity index (χ1) is 19.7. The van der Waals surface area contributed by atoms with Gasteiger partial charge in [0.2, 0.25) is 11.8 Å². The molecule has 1 aromatic heterocycles. The number of amides is 3. The average molecular weight is 579 g/mol. The van der Waals surface area contributed by atoms with Crippen molar-refractivity contribution in [3.05, 3.63) is 75.7 Å². The molecule has 0 unspecified atom stereocenters. The number of nitrogens with two attached hydrogens (primary N) is 1. The third-order valence-corrected chi connectivity index (χ3v) is 7.63. The maximum Gasteiger partial charge on any atom is 0.251 e. The standard InChI is InChI=1S/C28H30N6O6S/c1-17-11-18(7-8-22(17)40-19-5-3-2-4-6-19)26(36)32-14-24(35)34-16-28(38-9-10-39-28)12-21(34)27(37)31-13-23-33-20(15-41-23)25(29)30/h2-8,11,15,21H,9-10,12-14,16H2,1H3,(H3,29,30)(H,31,37)(H,32,36)/t21-/m0/s1. The largest absolute Gasteiger partial charge is 0.457 e. The smallest absolute Gasteiger partial charge is 0.251 e. The number of ether oxygens (including phenoxy) is 3. The van der Waals surface area contributed by atoms with Crippen LogP contribution in [-0.4, -0.2) is 71.6 Å². The number of rotatable bonds is 9. The minimum Gasteiger partial charge on any atom is -0.457 e. The Bertz CT molecular complexity index is 1460. The van der Waals surface area contributed by atoms with Gasteiger partial charge in [-0.2, -0.15) is 0 Å². The van der Waals surface area contributed by atoms with Crippen molar-refractivity contribution in [2.45, 2.75) is 31.7 Å². The Morgan fingerprint density at radius 1 is 1.17 bits per heavy atom. The molecular formula is C28H30N6O6S. The summed E-state index contributed by atoms with van der Waals surface area (Å²) in [7, 11) is 0. The Kier molecular flexibility index (Phi) is 8.28. The zero-order valence-electron chi connectivity index (χ0n) is 22.3. The molecule has 0 aliphatic carbocycles. The summed E-state index contributed by atoms with van der Waals surface area (Å²) in [6, 6.07) is 13.5. The van der Waals surface area contributed by atoms with Crippen LogP contribution in [0.25, 0.3) is 0 Å². The van der Waals surface area contributed by atoms with Gasteiger partial charge < -0.3 is 35.5 Å². The molecule has 0 radical (unpaired) electrons. The zero-order valence-corrected chi connectivity index (χ0v) is 23.2. The van der Waals surface area contributed by atoms with Crippen LogP contribution in [0.15, 0.2) is 53.9 Å². The van der Waals surface area contributed by atoms with Crippen molar-refractivity contribution in [3.8, 4) is 11.5 Å². The van der Waals surface area contributed by atoms with E-state index in [0.29, 0.717) is 41.0 Å². The molecule has 3 amide bonds. The number of nitrogen functional groups attached to an aromatic ring is 1. The molecule has 12 nitrogen and oxygen atoms in total. The van der Waals surface area contributed by atoms with Gasteiger partial charge in [-0.15, -0.1) is 11.3 Å². The van der Waals surface area contributed by atoms with Gasteiger partial charge in [0.1, 0.15) is 34.1 Å². The summed E-state index contributed by atoms with van der Waals surface area (Å²) < 4.78 is 17.4. The fourth-order valence-electron chi connectivity index (χ4n) is 4.72. The SMILES string of the molecule is Cc1cc(C(=O)NCC(=O)N2CC3(C[C@H]2C(=O)NCc2nc(C(=N)N)cs2)OCCO3)ccc1Oc1ccccc1. The highest BCUT2D eigenvalue weighted by molar-refractivity contribution is 7.09. The number of nitrogens with one attached hydrogen (secondary N) is 3. The molecule has 2 aliphatic heterocycles. The van der Waals surface area contributed by atoms with E-state index in [1.54, 1.807) is 23.6 Å². The number of hydrogen-bond acceptors (Lipinski definition) is 9. The van der Waals surface area contributed by atoms with E-state index < -0.39 is 29.6 Å². The fourth-order valence-corrected chi connectivity index (χ4v) is 5.45. The molecule has 41 heavy (non-hydrogen) atoms. The molecular weight excluding hydrogens is 548 g/mol. The predicted octanol–water partition coefficient (Wildman–Crippen LogP) is 1.92. The van der Waals surface area contributed by atoms with Crippen LogP contribution in [0.2, 0.25) is 0 Å². The van der Waals surface area contributed by atoms with E-state index in [0.717, 1.165) is 5.56 Å². The molecule has 0 saturated carbocycles. The number of benzene rings is 2. The fraction of sp³-hybridized carbons (Fsp3) is 0.321. The second-order valence-corrected chi connectivity index (χ2v) is 10.6. The van der Waals surface area contributed by atoms with Crippen molar-refractivity contribution < 1.29 is 28.6 Å². The van der Waals surface area contributed by atoms with E-state index in [4.69, 9.17) is 25.4 Å². The summed E-state index contributed by atoms with van der Waals surface area (Å²) in [6.07, 6.45) is 0.164. The van der Waals surface area contributed by atoms with E-state index in [1.807, 2.05) is 37.3 Å². The quantitative estimate of drug-likeness (QED) is 0.221. The molecule has 2 aromatic carbocycles. The summed E-state index contributed by atoms with van der Waals surface area (Å²) in [5, 5.41) is 15.1. The van der Waals surface area contributed by atoms with Crippen LogP contribution >= 0.6 is 11.3 Å². The maximum atomic E-state index is 13.3. The molecule has 5 N–H and O–H groups in total. The second kappa shape index (κ2) is 12.0. The number of amidine groups is 1. The van der Waals surface area contributed by atoms with Crippen molar-refractivity contribution >= 4 is 34.9 Å². The zero-order chi connectivity index (χ0) is 29.0. The lowest BCUT2D eigenvalue weighted by Gasteiger charge is -2.24. The Labute approximate surface area is 240 Å². The second-order valence-electron chi connectivity index (χ2n) is 9.69. The van der Waals surface area contributed by atoms with Gasteiger partial charge in [0.05, 0.1) is 32.8 Å². The number of carbonyl (C=O) groups excluding carboxylic acids is 3. The van der Waals surface area contributed by atoms with Crippen LogP contribution in [0.3, 0.4) is 0 Å². The van der Waals surface area contributed by atoms with Crippen molar-refractivity contribution in [3.63, 3.8) is 0 Å². The lowest BCUT2D eigenvalue weighted by atomic mass is 10.1. The van der Waals surface area contributed by atoms with Gasteiger partial charge in [0.15, 0.2) is 5.79 Å². The Morgan fingerprint density at radius 3 is 2.61 bits per heavy atom. The minimum atomic E-state index is -1.06. The normalized spacial score (nSPS) is 17.4. The van der Waals surface area contributed by atoms with E-state index >= 15 is 0 Å². The monoisotopic (exact) mass is 578 g/mol. The lowest BCUT2D eigenvalue weighted by Crippen LogP contribution is -2.49. The highest BCUT2D eigenvalue weighted by Gasteiger charge is 2.52. The Balaban J connectivity index is 1.20. The van der Waals surface area contributed by atoms with Crippen molar-refractivity contribution in [1.82, 2.24) is 20.5 Å². The van der Waals surface area contributed by atoms with Crippen molar-refractivity contribution in [2.75, 3.05) is 26.3 Å². The van der Waals surface area contributed by atoms with E-state index in [1.165, 1.54) is 16.2 Å². The molecule has 5 rings (SSSR count). The van der Waals surface area contributed by atoms with Crippen LogP contribution in [0.4, 0.5) is 0 Å². The summed E-state index contributed by atoms with van der Waals surface area (Å²) in [6.45, 7) is 2.43. The number of hydrogen-bond donors (Lipinski definition) is 4. The van der Waals surface area contributed by atoms with Crippen molar-refractivity contribution in [2.24, 2.45) is 5.73 Å². The first-order valence-electron chi connectivity index (χ1n) is 13.0. The molecule has 3 aromatic rings. The summed E-state index contributed by atoms with van der Waals surface area (Å²) in [5.74, 6) is -1.18. The van der Waals surface area contributed by atoms with Crippen LogP contribution in [0.1, 0.15) is 33.0 Å². The number of aromatic nitrogens is 1. The lowest BCUT2D eigenvalue weighted by molar-refractivity contribution is -0.152. The molecule has 13 heteroatoms. The van der Waals surface area contributed by atoms with Crippen molar-refractivity contribution in [1.29, 1.82) is 5.41 Å². The van der Waals surface area contributed by atoms with Gasteiger partial charge >= 0.3 is 0 Å². The molecule has 0 bridgehead atoms. The van der Waals surface area contributed by atoms with Gasteiger partial charge in [0, 0.05) is 17.4 Å². The first kappa shape index (κ1) is 28.2. The topological polar surface area (TPSA) is 169 Å². The molecule has 214 valence electrons. The van der Waals surface area contributed by atoms with Gasteiger partial charge in [-0.25, -0.2) is 4.98 Å². The van der Waals surface area contributed by atoms with E-state index in [-0.39, 0.29) is 31.9 Å². The van der Waals surface area contributed by atoms with Crippen LogP contribution in [-0.2, 0) is 25.6 Å². The number of carbonyl (C=O) groups is 3. The van der Waals surface area contributed by atoms with E-state index in [9.17, 15) is 14.4 Å². The summed E-state index contributed by atoms with van der Waals surface area (Å²) in [4.78, 5) is 44.9. The third kappa shape index (κ3) is 6.53. The van der Waals surface area contributed by atoms with Gasteiger partial charge in [0.25, 0.3) is 5.91 Å². The summed E-state index contributed by atoms with van der Waals surface area (Å²) >= 11 is 1.27. The number of likely N-dealkylation sites (tertiary alicyclic amines) is 1. The molecule has 2 aliphatic rings. The first-order valence-corrected chi connectivity index (χ1v) is 13.9. The number of para-hydroxylation sites is 1. The van der Waals surface area contributed by atoms with Crippen LogP contribution in [0.5, 0.6) is 11.5 Å². The average Bonchev–Trinajstić information content (AvgIpc) is 3.72. The highest BCUT2D eigenvalue weighted by Crippen LogP contribution is 2.35.